The van der Waals surface area contributed by atoms with E-state index in [1.807, 2.05) is 0 Å². The second-order valence-electron chi connectivity index (χ2n) is 3.89. The molecule has 1 aromatic carbocycles. The van der Waals surface area contributed by atoms with E-state index >= 15 is 0 Å². The minimum absolute atomic E-state index is 0.0643. The monoisotopic (exact) mass is 248 g/mol. The zero-order valence-electron chi connectivity index (χ0n) is 10.3. The summed E-state index contributed by atoms with van der Waals surface area (Å²) in [7, 11) is 1.47. The van der Waals surface area contributed by atoms with Gasteiger partial charge in [0, 0.05) is 6.42 Å². The van der Waals surface area contributed by atoms with Crippen LogP contribution in [0.1, 0.15) is 18.4 Å². The number of aromatic hydroxyl groups is 1. The normalized spacial score (nSPS) is 9.83. The molecule has 4 nitrogen and oxygen atoms in total. The van der Waals surface area contributed by atoms with Crippen LogP contribution in [0.15, 0.2) is 30.9 Å². The molecule has 0 bridgehead atoms. The van der Waals surface area contributed by atoms with E-state index < -0.39 is 0 Å². The van der Waals surface area contributed by atoms with Crippen molar-refractivity contribution in [3.63, 3.8) is 0 Å². The molecule has 0 spiro atoms. The smallest absolute Gasteiger partial charge is 0.162 e. The van der Waals surface area contributed by atoms with Crippen LogP contribution in [0.5, 0.6) is 11.5 Å². The van der Waals surface area contributed by atoms with Gasteiger partial charge in [0.15, 0.2) is 17.3 Å². The zero-order chi connectivity index (χ0) is 13.5. The van der Waals surface area contributed by atoms with E-state index in [0.29, 0.717) is 12.2 Å². The summed E-state index contributed by atoms with van der Waals surface area (Å²) in [4.78, 5) is 22.4. The highest BCUT2D eigenvalue weighted by molar-refractivity contribution is 6.04. The maximum Gasteiger partial charge on any atom is 0.162 e. The van der Waals surface area contributed by atoms with Crippen LogP contribution < -0.4 is 4.74 Å². The number of ketones is 2. The van der Waals surface area contributed by atoms with Crippen molar-refractivity contribution in [3.8, 4) is 11.5 Å². The number of hydrogen-bond acceptors (Lipinski definition) is 4. The van der Waals surface area contributed by atoms with Crippen LogP contribution in [0, 0.1) is 0 Å². The molecule has 0 aliphatic rings. The molecule has 96 valence electrons. The fourth-order valence-corrected chi connectivity index (χ4v) is 1.52. The van der Waals surface area contributed by atoms with Crippen LogP contribution in [0.4, 0.5) is 0 Å². The van der Waals surface area contributed by atoms with Crippen molar-refractivity contribution in [3.05, 3.63) is 36.4 Å². The number of carbonyl (C=O) groups excluding carboxylic acids is 2. The molecule has 4 heteroatoms. The Hall–Kier alpha value is -2.10. The van der Waals surface area contributed by atoms with Crippen molar-refractivity contribution >= 4 is 11.6 Å². The summed E-state index contributed by atoms with van der Waals surface area (Å²) in [6.07, 6.45) is 1.85. The molecular weight excluding hydrogens is 232 g/mol. The van der Waals surface area contributed by atoms with Gasteiger partial charge in [0.25, 0.3) is 0 Å². The second-order valence-corrected chi connectivity index (χ2v) is 3.89. The molecule has 0 atom stereocenters. The van der Waals surface area contributed by atoms with Gasteiger partial charge in [-0.2, -0.15) is 0 Å². The Balaban J connectivity index is 2.55. The first kappa shape index (κ1) is 14.0. The Kier molecular flexibility index (Phi) is 5.11. The van der Waals surface area contributed by atoms with Gasteiger partial charge in [-0.1, -0.05) is 12.6 Å². The second kappa shape index (κ2) is 6.59. The largest absolute Gasteiger partial charge is 0.504 e. The molecule has 0 amide bonds. The van der Waals surface area contributed by atoms with E-state index in [1.54, 1.807) is 12.1 Å². The van der Waals surface area contributed by atoms with Crippen LogP contribution in [0.3, 0.4) is 0 Å². The number of phenolic OH excluding ortho intramolecular Hbond substituents is 1. The summed E-state index contributed by atoms with van der Waals surface area (Å²) >= 11 is 0. The number of rotatable bonds is 7. The molecule has 0 fully saturated rings. The molecule has 0 saturated heterocycles. The molecule has 18 heavy (non-hydrogen) atoms. The fourth-order valence-electron chi connectivity index (χ4n) is 1.52. The first-order chi connectivity index (χ1) is 8.56. The molecule has 0 heterocycles. The minimum atomic E-state index is -0.261. The standard InChI is InChI=1S/C14H16O4/c1-3-11(15)9-12(16)6-4-10-5-7-13(17)14(8-10)18-2/h3,5,7-8,17H,1,4,6,9H2,2H3. The van der Waals surface area contributed by atoms with E-state index in [4.69, 9.17) is 4.74 Å². The summed E-state index contributed by atoms with van der Waals surface area (Å²) in [5.74, 6) is 0.0618. The van der Waals surface area contributed by atoms with Crippen LogP contribution in [-0.4, -0.2) is 23.8 Å². The first-order valence-electron chi connectivity index (χ1n) is 5.59. The highest BCUT2D eigenvalue weighted by atomic mass is 16.5. The van der Waals surface area contributed by atoms with Gasteiger partial charge in [-0.25, -0.2) is 0 Å². The molecule has 0 radical (unpaired) electrons. The Morgan fingerprint density at radius 3 is 2.78 bits per heavy atom. The van der Waals surface area contributed by atoms with Gasteiger partial charge >= 0.3 is 0 Å². The van der Waals surface area contributed by atoms with E-state index in [-0.39, 0.29) is 30.2 Å². The van der Waals surface area contributed by atoms with Crippen LogP contribution in [0.25, 0.3) is 0 Å². The third-order valence-corrected chi connectivity index (χ3v) is 2.54. The van der Waals surface area contributed by atoms with Crippen molar-refractivity contribution in [1.82, 2.24) is 0 Å². The third kappa shape index (κ3) is 4.05. The number of carbonyl (C=O) groups is 2. The molecule has 0 unspecified atom stereocenters. The van der Waals surface area contributed by atoms with E-state index in [0.717, 1.165) is 11.6 Å². The quantitative estimate of drug-likeness (QED) is 0.592. The number of benzene rings is 1. The van der Waals surface area contributed by atoms with Crippen molar-refractivity contribution < 1.29 is 19.4 Å². The lowest BCUT2D eigenvalue weighted by Crippen LogP contribution is -2.06. The fraction of sp³-hybridized carbons (Fsp3) is 0.286. The Morgan fingerprint density at radius 1 is 1.44 bits per heavy atom. The van der Waals surface area contributed by atoms with Gasteiger partial charge in [-0.3, -0.25) is 9.59 Å². The van der Waals surface area contributed by atoms with Gasteiger partial charge in [0.1, 0.15) is 5.78 Å². The molecule has 1 aromatic rings. The number of aryl methyl sites for hydroxylation is 1. The van der Waals surface area contributed by atoms with Crippen LogP contribution >= 0.6 is 0 Å². The maximum absolute atomic E-state index is 11.5. The summed E-state index contributed by atoms with van der Waals surface area (Å²) < 4.78 is 4.97. The van der Waals surface area contributed by atoms with Crippen LogP contribution in [-0.2, 0) is 16.0 Å². The van der Waals surface area contributed by atoms with Crippen molar-refractivity contribution in [1.29, 1.82) is 0 Å². The predicted octanol–water partition coefficient (Wildman–Crippen LogP) is 2.05. The van der Waals surface area contributed by atoms with Crippen molar-refractivity contribution in [2.24, 2.45) is 0 Å². The number of ether oxygens (including phenoxy) is 1. The molecule has 0 aliphatic carbocycles. The highest BCUT2D eigenvalue weighted by Gasteiger charge is 2.08. The van der Waals surface area contributed by atoms with Gasteiger partial charge in [0.2, 0.25) is 0 Å². The zero-order valence-corrected chi connectivity index (χ0v) is 10.3. The molecule has 1 N–H and O–H groups in total. The van der Waals surface area contributed by atoms with Crippen molar-refractivity contribution in [2.45, 2.75) is 19.3 Å². The Morgan fingerprint density at radius 2 is 2.17 bits per heavy atom. The maximum atomic E-state index is 11.5. The Bertz CT molecular complexity index is 463. The predicted molar refractivity (Wildman–Crippen MR) is 67.8 cm³/mol. The number of phenols is 1. The lowest BCUT2D eigenvalue weighted by Gasteiger charge is -2.06. The van der Waals surface area contributed by atoms with Crippen LogP contribution in [0.2, 0.25) is 0 Å². The molecular formula is C14H16O4. The lowest BCUT2D eigenvalue weighted by molar-refractivity contribution is -0.124. The number of methoxy groups -OCH3 is 1. The summed E-state index contributed by atoms with van der Waals surface area (Å²) in [6, 6.07) is 4.92. The summed E-state index contributed by atoms with van der Waals surface area (Å²) in [5.41, 5.74) is 0.879. The average Bonchev–Trinajstić information content (AvgIpc) is 2.37. The minimum Gasteiger partial charge on any atom is -0.504 e. The molecule has 0 aromatic heterocycles. The highest BCUT2D eigenvalue weighted by Crippen LogP contribution is 2.26. The van der Waals surface area contributed by atoms with E-state index in [9.17, 15) is 14.7 Å². The summed E-state index contributed by atoms with van der Waals surface area (Å²) in [6.45, 7) is 3.32. The van der Waals surface area contributed by atoms with Crippen molar-refractivity contribution in [2.75, 3.05) is 7.11 Å². The van der Waals surface area contributed by atoms with Gasteiger partial charge in [-0.15, -0.1) is 0 Å². The Labute approximate surface area is 106 Å². The lowest BCUT2D eigenvalue weighted by atomic mass is 10.0. The molecule has 1 rings (SSSR count). The SMILES string of the molecule is C=CC(=O)CC(=O)CCc1ccc(O)c(OC)c1. The molecule has 0 aliphatic heterocycles. The number of hydrogen-bond donors (Lipinski definition) is 1. The first-order valence-corrected chi connectivity index (χ1v) is 5.59. The topological polar surface area (TPSA) is 63.6 Å². The number of Topliss-reactive ketones (excluding diaryl/α,β-unsaturated/α-hetero) is 1. The third-order valence-electron chi connectivity index (χ3n) is 2.54. The van der Waals surface area contributed by atoms with E-state index in [2.05, 4.69) is 6.58 Å². The van der Waals surface area contributed by atoms with Gasteiger partial charge in [-0.05, 0) is 30.2 Å². The summed E-state index contributed by atoms with van der Waals surface area (Å²) in [5, 5.41) is 9.42. The average molecular weight is 248 g/mol. The van der Waals surface area contributed by atoms with Gasteiger partial charge in [0.05, 0.1) is 13.5 Å². The van der Waals surface area contributed by atoms with Gasteiger partial charge < -0.3 is 9.84 Å². The van der Waals surface area contributed by atoms with E-state index in [1.165, 1.54) is 13.2 Å². The number of allylic oxidation sites excluding steroid dienone is 1. The molecule has 0 saturated carbocycles.